The molecule has 12 N–H and O–H groups in total. The molecular formula is C32H37IN18O4. The Morgan fingerprint density at radius 2 is 1.22 bits per heavy atom. The lowest BCUT2D eigenvalue weighted by Gasteiger charge is -2.15. The topological polar surface area (TPSA) is 333 Å². The number of nitrogens with zero attached hydrogens (tertiary/aromatic N) is 10. The number of anilines is 6. The van der Waals surface area contributed by atoms with Crippen LogP contribution in [-0.4, -0.2) is 85.6 Å². The molecule has 4 amide bonds. The molecule has 0 aliphatic rings. The van der Waals surface area contributed by atoms with Crippen molar-refractivity contribution in [1.82, 2.24) is 49.9 Å². The second-order valence-corrected chi connectivity index (χ2v) is 12.9. The van der Waals surface area contributed by atoms with Gasteiger partial charge in [-0.1, -0.05) is 13.8 Å². The van der Waals surface area contributed by atoms with Crippen LogP contribution < -0.4 is 44.2 Å². The van der Waals surface area contributed by atoms with E-state index in [0.29, 0.717) is 24.2 Å². The summed E-state index contributed by atoms with van der Waals surface area (Å²) < 4.78 is 4.35. The van der Waals surface area contributed by atoms with Crippen molar-refractivity contribution in [2.24, 2.45) is 37.0 Å². The number of hydrogen-bond acceptors (Lipinski definition) is 16. The van der Waals surface area contributed by atoms with Crippen LogP contribution in [0.2, 0.25) is 0 Å². The minimum atomic E-state index is -0.785. The number of primary amides is 4. The van der Waals surface area contributed by atoms with Gasteiger partial charge in [-0.2, -0.15) is 20.2 Å². The minimum Gasteiger partial charge on any atom is -0.368 e. The molecule has 0 saturated carbocycles. The summed E-state index contributed by atoms with van der Waals surface area (Å²) >= 11 is 2.18. The van der Waals surface area contributed by atoms with E-state index in [0.717, 1.165) is 25.4 Å². The van der Waals surface area contributed by atoms with Crippen LogP contribution in [0, 0.1) is 3.57 Å². The number of nitrogens with two attached hydrogens (primary N) is 4. The molecule has 0 aliphatic carbocycles. The number of halogens is 1. The number of carbonyl (C=O) groups excluding carboxylic acids is 4. The summed E-state index contributed by atoms with van der Waals surface area (Å²) in [6, 6.07) is 7.94. The van der Waals surface area contributed by atoms with Gasteiger partial charge in [0.2, 0.25) is 23.7 Å². The molecule has 0 fully saturated rings. The molecule has 0 aliphatic heterocycles. The third-order valence-corrected chi connectivity index (χ3v) is 9.15. The summed E-state index contributed by atoms with van der Waals surface area (Å²) in [4.78, 5) is 54.7. The average Bonchev–Trinajstić information content (AvgIpc) is 3.72. The van der Waals surface area contributed by atoms with Crippen molar-refractivity contribution >= 4 is 103 Å². The predicted octanol–water partition coefficient (Wildman–Crippen LogP) is 1.16. The molecule has 0 spiro atoms. The molecule has 6 aromatic rings. The van der Waals surface area contributed by atoms with E-state index in [1.165, 1.54) is 0 Å². The normalized spacial score (nSPS) is 11.9. The van der Waals surface area contributed by atoms with Crippen LogP contribution in [0.25, 0.3) is 21.8 Å². The monoisotopic (exact) mass is 864 g/mol. The van der Waals surface area contributed by atoms with Gasteiger partial charge in [0.25, 0.3) is 11.8 Å². The lowest BCUT2D eigenvalue weighted by molar-refractivity contribution is -0.119. The Bertz CT molecular complexity index is 2410. The number of fused-ring (bicyclic) bond motifs is 2. The average molecular weight is 865 g/mol. The fraction of sp³-hybridized carbons (Fsp3) is 0.250. The maximum atomic E-state index is 11.7. The Balaban J connectivity index is 0.000000211. The van der Waals surface area contributed by atoms with E-state index in [9.17, 15) is 19.2 Å². The van der Waals surface area contributed by atoms with Crippen molar-refractivity contribution < 1.29 is 19.2 Å². The second-order valence-electron chi connectivity index (χ2n) is 11.8. The van der Waals surface area contributed by atoms with Crippen molar-refractivity contribution in [2.45, 2.75) is 38.8 Å². The van der Waals surface area contributed by atoms with Crippen LogP contribution in [0.3, 0.4) is 0 Å². The molecule has 4 aromatic heterocycles. The first kappa shape index (κ1) is 39.4. The molecule has 6 rings (SSSR count). The smallest absolute Gasteiger partial charge is 0.273 e. The van der Waals surface area contributed by atoms with E-state index in [4.69, 9.17) is 22.9 Å². The highest BCUT2D eigenvalue weighted by Gasteiger charge is 2.21. The Hall–Kier alpha value is -6.79. The van der Waals surface area contributed by atoms with Crippen LogP contribution in [0.4, 0.5) is 34.9 Å². The quantitative estimate of drug-likeness (QED) is 0.0712. The van der Waals surface area contributed by atoms with E-state index in [1.54, 1.807) is 35.6 Å². The summed E-state index contributed by atoms with van der Waals surface area (Å²) in [7, 11) is 3.66. The maximum Gasteiger partial charge on any atom is 0.273 e. The summed E-state index contributed by atoms with van der Waals surface area (Å²) in [6.45, 7) is 3.58. The van der Waals surface area contributed by atoms with Crippen LogP contribution in [0.15, 0.2) is 42.7 Å². The van der Waals surface area contributed by atoms with Gasteiger partial charge >= 0.3 is 0 Å². The highest BCUT2D eigenvalue weighted by Crippen LogP contribution is 2.30. The zero-order valence-corrected chi connectivity index (χ0v) is 32.1. The van der Waals surface area contributed by atoms with Gasteiger partial charge < -0.3 is 44.2 Å². The summed E-state index contributed by atoms with van der Waals surface area (Å²) in [6.07, 6.45) is 4.39. The van der Waals surface area contributed by atoms with Gasteiger partial charge in [-0.3, -0.25) is 28.5 Å². The lowest BCUT2D eigenvalue weighted by Crippen LogP contribution is -2.35. The minimum absolute atomic E-state index is 0.0507. The van der Waals surface area contributed by atoms with Crippen molar-refractivity contribution in [3.8, 4) is 0 Å². The van der Waals surface area contributed by atoms with E-state index in [1.807, 2.05) is 44.4 Å². The fourth-order valence-corrected chi connectivity index (χ4v) is 6.12. The number of hydrogen-bond donors (Lipinski definition) is 8. The van der Waals surface area contributed by atoms with Crippen molar-refractivity contribution in [3.63, 3.8) is 0 Å². The Labute approximate surface area is 325 Å². The summed E-state index contributed by atoms with van der Waals surface area (Å²) in [5.41, 5.74) is 24.3. The standard InChI is InChI=1S/C16H18IN9O2.C16H19N9O2/c1-3-8(13(18)27)22-16-23-15(11(14(19)28)24-25-16)21-9-5-4-7-6-20-26(2)12(7)10(9)17;1-3-10(13(17)26)21-16-22-15(12(14(18)27)23-24-16)20-9-5-4-8-7-19-25(2)11(8)6-9/h4-6,8H,3H2,1-2H3,(H2,18,27)(H2,19,28)(H2,21,22,23,25);4-7,10H,3H2,1-2H3,(H2,17,26)(H2,18,27)(H2,20,21,22,24)/t8-;10-/m11/s1. The third kappa shape index (κ3) is 9.06. The number of aromatic nitrogens is 10. The number of amides is 4. The Morgan fingerprint density at radius 1 is 0.709 bits per heavy atom. The SMILES string of the molecule is CC[C@@H](Nc1nnc(C(N)=O)c(Nc2ccc3cnn(C)c3c2)n1)C(N)=O.CC[C@@H](Nc1nnc(C(N)=O)c(Nc2ccc3cnn(C)c3c2I)n1)C(N)=O. The van der Waals surface area contributed by atoms with Crippen LogP contribution in [-0.2, 0) is 23.7 Å². The maximum absolute atomic E-state index is 11.7. The predicted molar refractivity (Wildman–Crippen MR) is 211 cm³/mol. The second kappa shape index (κ2) is 16.9. The molecule has 23 heteroatoms. The van der Waals surface area contributed by atoms with Gasteiger partial charge in [0.1, 0.15) is 12.1 Å². The van der Waals surface area contributed by atoms with Crippen LogP contribution in [0.1, 0.15) is 47.7 Å². The number of carbonyl (C=O) groups is 4. The number of rotatable bonds is 14. The van der Waals surface area contributed by atoms with E-state index < -0.39 is 35.7 Å². The van der Waals surface area contributed by atoms with Crippen molar-refractivity contribution in [1.29, 1.82) is 0 Å². The largest absolute Gasteiger partial charge is 0.368 e. The molecule has 0 unspecified atom stereocenters. The highest BCUT2D eigenvalue weighted by molar-refractivity contribution is 14.1. The van der Waals surface area contributed by atoms with Gasteiger partial charge in [0.05, 0.1) is 32.7 Å². The number of aryl methyl sites for hydroxylation is 2. The molecule has 0 radical (unpaired) electrons. The fourth-order valence-electron chi connectivity index (χ4n) is 5.14. The van der Waals surface area contributed by atoms with Gasteiger partial charge in [0, 0.05) is 30.6 Å². The van der Waals surface area contributed by atoms with Crippen molar-refractivity contribution in [3.05, 3.63) is 57.7 Å². The van der Waals surface area contributed by atoms with Crippen LogP contribution in [0.5, 0.6) is 0 Å². The molecular weight excluding hydrogens is 827 g/mol. The van der Waals surface area contributed by atoms with Gasteiger partial charge in [-0.25, -0.2) is 0 Å². The van der Waals surface area contributed by atoms with Crippen molar-refractivity contribution in [2.75, 3.05) is 21.3 Å². The third-order valence-electron chi connectivity index (χ3n) is 8.06. The molecule has 0 bridgehead atoms. The summed E-state index contributed by atoms with van der Waals surface area (Å²) in [5.74, 6) is -2.33. The molecule has 22 nitrogen and oxygen atoms in total. The molecule has 0 saturated heterocycles. The van der Waals surface area contributed by atoms with E-state index in [-0.39, 0.29) is 34.9 Å². The summed E-state index contributed by atoms with van der Waals surface area (Å²) in [5, 5.41) is 37.3. The zero-order valence-electron chi connectivity index (χ0n) is 29.9. The van der Waals surface area contributed by atoms with E-state index >= 15 is 0 Å². The lowest BCUT2D eigenvalue weighted by atomic mass is 10.2. The Kier molecular flexibility index (Phi) is 12.1. The zero-order chi connectivity index (χ0) is 40.0. The van der Waals surface area contributed by atoms with Crippen LogP contribution >= 0.6 is 22.6 Å². The first-order chi connectivity index (χ1) is 26.2. The highest BCUT2D eigenvalue weighted by atomic mass is 127. The number of benzene rings is 2. The first-order valence-corrected chi connectivity index (χ1v) is 17.5. The molecule has 4 heterocycles. The molecule has 55 heavy (non-hydrogen) atoms. The Morgan fingerprint density at radius 3 is 1.75 bits per heavy atom. The molecule has 2 atom stereocenters. The molecule has 2 aromatic carbocycles. The molecule has 286 valence electrons. The van der Waals surface area contributed by atoms with E-state index in [2.05, 4.69) is 84.4 Å². The van der Waals surface area contributed by atoms with Gasteiger partial charge in [0.15, 0.2) is 23.0 Å². The van der Waals surface area contributed by atoms with Gasteiger partial charge in [-0.15, -0.1) is 20.4 Å². The first-order valence-electron chi connectivity index (χ1n) is 16.5. The number of nitrogens with one attached hydrogen (secondary N) is 4. The van der Waals surface area contributed by atoms with Gasteiger partial charge in [-0.05, 0) is 65.8 Å².